The first-order valence-corrected chi connectivity index (χ1v) is 5.16. The Kier molecular flexibility index (Phi) is 3.45. The molecular formula is C8H9Cl3N2O. The highest BCUT2D eigenvalue weighted by Gasteiger charge is 2.26. The molecule has 3 nitrogen and oxygen atoms in total. The monoisotopic (exact) mass is 254 g/mol. The van der Waals surface area contributed by atoms with E-state index in [0.29, 0.717) is 17.7 Å². The van der Waals surface area contributed by atoms with Gasteiger partial charge in [-0.1, -0.05) is 41.7 Å². The molecule has 0 saturated carbocycles. The number of aryl methyl sites for hydroxylation is 1. The van der Waals surface area contributed by atoms with E-state index in [-0.39, 0.29) is 11.4 Å². The summed E-state index contributed by atoms with van der Waals surface area (Å²) >= 11 is 16.8. The molecule has 1 rings (SSSR count). The largest absolute Gasteiger partial charge is 0.307 e. The standard InChI is InChI=1S/C8H9Cl3N2O/c1-3-5-4(2)6(14)13-7(12-5)8(9,10)11/h3H2,1-2H3,(H,12,13,14). The average molecular weight is 256 g/mol. The Morgan fingerprint density at radius 2 is 2.00 bits per heavy atom. The zero-order valence-corrected chi connectivity index (χ0v) is 9.96. The molecule has 14 heavy (non-hydrogen) atoms. The van der Waals surface area contributed by atoms with Gasteiger partial charge < -0.3 is 4.98 Å². The van der Waals surface area contributed by atoms with Crippen molar-refractivity contribution in [3.63, 3.8) is 0 Å². The van der Waals surface area contributed by atoms with E-state index in [2.05, 4.69) is 9.97 Å². The first-order valence-electron chi connectivity index (χ1n) is 4.03. The molecule has 1 N–H and O–H groups in total. The molecule has 1 heterocycles. The lowest BCUT2D eigenvalue weighted by molar-refractivity contribution is 0.866. The van der Waals surface area contributed by atoms with Crippen LogP contribution in [0.15, 0.2) is 4.79 Å². The summed E-state index contributed by atoms with van der Waals surface area (Å²) in [6.07, 6.45) is 0.628. The van der Waals surface area contributed by atoms with Gasteiger partial charge in [-0.05, 0) is 13.3 Å². The highest BCUT2D eigenvalue weighted by molar-refractivity contribution is 6.66. The van der Waals surface area contributed by atoms with E-state index >= 15 is 0 Å². The van der Waals surface area contributed by atoms with Crippen LogP contribution in [0.2, 0.25) is 0 Å². The highest BCUT2D eigenvalue weighted by atomic mass is 35.6. The van der Waals surface area contributed by atoms with Gasteiger partial charge in [0.2, 0.25) is 3.79 Å². The predicted molar refractivity (Wildman–Crippen MR) is 58.2 cm³/mol. The number of hydrogen-bond acceptors (Lipinski definition) is 2. The Labute approximate surface area is 96.4 Å². The number of alkyl halides is 3. The van der Waals surface area contributed by atoms with Gasteiger partial charge in [-0.2, -0.15) is 0 Å². The van der Waals surface area contributed by atoms with Gasteiger partial charge in [-0.3, -0.25) is 4.79 Å². The second kappa shape index (κ2) is 4.09. The van der Waals surface area contributed by atoms with Crippen LogP contribution >= 0.6 is 34.8 Å². The third-order valence-electron chi connectivity index (χ3n) is 1.86. The smallest absolute Gasteiger partial charge is 0.254 e. The van der Waals surface area contributed by atoms with Crippen LogP contribution in [0.5, 0.6) is 0 Å². The van der Waals surface area contributed by atoms with E-state index in [9.17, 15) is 4.79 Å². The predicted octanol–water partition coefficient (Wildman–Crippen LogP) is 2.47. The fourth-order valence-electron chi connectivity index (χ4n) is 1.06. The van der Waals surface area contributed by atoms with Crippen molar-refractivity contribution in [2.75, 3.05) is 0 Å². The molecule has 0 unspecified atom stereocenters. The Morgan fingerprint density at radius 3 is 2.43 bits per heavy atom. The topological polar surface area (TPSA) is 45.8 Å². The van der Waals surface area contributed by atoms with Gasteiger partial charge >= 0.3 is 0 Å². The molecule has 0 aromatic carbocycles. The number of rotatable bonds is 1. The molecule has 1 aromatic heterocycles. The second-order valence-corrected chi connectivity index (χ2v) is 5.12. The number of aromatic amines is 1. The van der Waals surface area contributed by atoms with Crippen molar-refractivity contribution < 1.29 is 0 Å². The lowest BCUT2D eigenvalue weighted by Crippen LogP contribution is -2.21. The normalized spacial score (nSPS) is 11.8. The van der Waals surface area contributed by atoms with Crippen molar-refractivity contribution in [2.24, 2.45) is 0 Å². The van der Waals surface area contributed by atoms with Crippen LogP contribution in [0.3, 0.4) is 0 Å². The van der Waals surface area contributed by atoms with E-state index in [1.165, 1.54) is 0 Å². The number of hydrogen-bond donors (Lipinski definition) is 1. The lowest BCUT2D eigenvalue weighted by Gasteiger charge is -2.11. The maximum Gasteiger partial charge on any atom is 0.254 e. The molecule has 0 radical (unpaired) electrons. The summed E-state index contributed by atoms with van der Waals surface area (Å²) in [4.78, 5) is 17.9. The number of H-pyrrole nitrogens is 1. The molecule has 78 valence electrons. The van der Waals surface area contributed by atoms with Gasteiger partial charge in [0.1, 0.15) is 0 Å². The summed E-state index contributed by atoms with van der Waals surface area (Å²) in [7, 11) is 0. The van der Waals surface area contributed by atoms with Crippen molar-refractivity contribution in [3.8, 4) is 0 Å². The van der Waals surface area contributed by atoms with Gasteiger partial charge in [0.05, 0.1) is 5.69 Å². The molecule has 0 fully saturated rings. The maximum absolute atomic E-state index is 11.4. The molecule has 1 aromatic rings. The zero-order valence-electron chi connectivity index (χ0n) is 7.70. The molecule has 0 amide bonds. The van der Waals surface area contributed by atoms with Crippen LogP contribution in [0, 0.1) is 6.92 Å². The molecule has 0 bridgehead atoms. The molecule has 0 saturated heterocycles. The molecular weight excluding hydrogens is 246 g/mol. The van der Waals surface area contributed by atoms with Crippen LogP contribution < -0.4 is 5.56 Å². The van der Waals surface area contributed by atoms with E-state index in [0.717, 1.165) is 0 Å². The third kappa shape index (κ3) is 2.41. The molecule has 0 aliphatic rings. The minimum absolute atomic E-state index is 0.0648. The summed E-state index contributed by atoms with van der Waals surface area (Å²) in [6, 6.07) is 0. The van der Waals surface area contributed by atoms with Crippen molar-refractivity contribution in [2.45, 2.75) is 24.1 Å². The Bertz CT molecular complexity index is 395. The SMILES string of the molecule is CCc1nc(C(Cl)(Cl)Cl)[nH]c(=O)c1C. The van der Waals surface area contributed by atoms with Gasteiger partial charge in [0.15, 0.2) is 5.82 Å². The van der Waals surface area contributed by atoms with Gasteiger partial charge in [0.25, 0.3) is 5.56 Å². The van der Waals surface area contributed by atoms with Crippen LogP contribution in [0.1, 0.15) is 24.0 Å². The number of nitrogens with zero attached hydrogens (tertiary/aromatic N) is 1. The molecule has 0 aliphatic heterocycles. The van der Waals surface area contributed by atoms with E-state index in [1.54, 1.807) is 6.92 Å². The lowest BCUT2D eigenvalue weighted by atomic mass is 10.2. The summed E-state index contributed by atoms with van der Waals surface area (Å²) in [5.41, 5.74) is 0.943. The molecule has 0 aliphatic carbocycles. The van der Waals surface area contributed by atoms with E-state index in [1.807, 2.05) is 6.92 Å². The summed E-state index contributed by atoms with van der Waals surface area (Å²) in [6.45, 7) is 3.57. The van der Waals surface area contributed by atoms with Gasteiger partial charge in [0, 0.05) is 5.56 Å². The first-order chi connectivity index (χ1) is 6.36. The average Bonchev–Trinajstić information content (AvgIpc) is 2.07. The minimum Gasteiger partial charge on any atom is -0.307 e. The number of aromatic nitrogens is 2. The van der Waals surface area contributed by atoms with Crippen molar-refractivity contribution >= 4 is 34.8 Å². The van der Waals surface area contributed by atoms with E-state index < -0.39 is 3.79 Å². The number of halogens is 3. The maximum atomic E-state index is 11.4. The first kappa shape index (κ1) is 11.8. The van der Waals surface area contributed by atoms with E-state index in [4.69, 9.17) is 34.8 Å². The fraction of sp³-hybridized carbons (Fsp3) is 0.500. The van der Waals surface area contributed by atoms with Crippen LogP contribution in [0.4, 0.5) is 0 Å². The van der Waals surface area contributed by atoms with Gasteiger partial charge in [-0.25, -0.2) is 4.98 Å². The van der Waals surface area contributed by atoms with Crippen LogP contribution in [0.25, 0.3) is 0 Å². The van der Waals surface area contributed by atoms with Crippen molar-refractivity contribution in [1.82, 2.24) is 9.97 Å². The molecule has 0 spiro atoms. The summed E-state index contributed by atoms with van der Waals surface area (Å²) < 4.78 is -1.68. The van der Waals surface area contributed by atoms with Crippen LogP contribution in [-0.2, 0) is 10.2 Å². The summed E-state index contributed by atoms with van der Waals surface area (Å²) in [5, 5.41) is 0. The van der Waals surface area contributed by atoms with Crippen molar-refractivity contribution in [1.29, 1.82) is 0 Å². The Hall–Kier alpha value is -0.250. The highest BCUT2D eigenvalue weighted by Crippen LogP contribution is 2.35. The zero-order chi connectivity index (χ0) is 10.9. The summed E-state index contributed by atoms with van der Waals surface area (Å²) in [5.74, 6) is 0.0648. The minimum atomic E-state index is -1.68. The fourth-order valence-corrected chi connectivity index (χ4v) is 1.33. The molecule has 0 atom stereocenters. The van der Waals surface area contributed by atoms with Crippen molar-refractivity contribution in [3.05, 3.63) is 27.4 Å². The Morgan fingerprint density at radius 1 is 1.43 bits per heavy atom. The second-order valence-electron chi connectivity index (χ2n) is 2.84. The van der Waals surface area contributed by atoms with Crippen LogP contribution in [-0.4, -0.2) is 9.97 Å². The molecule has 6 heteroatoms. The third-order valence-corrected chi connectivity index (χ3v) is 2.39. The Balaban J connectivity index is 3.38. The van der Waals surface area contributed by atoms with Gasteiger partial charge in [-0.15, -0.1) is 0 Å². The quantitative estimate of drug-likeness (QED) is 0.784. The number of nitrogens with one attached hydrogen (secondary N) is 1.